The summed E-state index contributed by atoms with van der Waals surface area (Å²) in [5, 5.41) is 4.96. The number of rotatable bonds is 9. The van der Waals surface area contributed by atoms with Crippen molar-refractivity contribution in [2.75, 3.05) is 0 Å². The molecule has 0 aliphatic heterocycles. The number of halogens is 21. The zero-order valence-corrected chi connectivity index (χ0v) is 36.8. The van der Waals surface area contributed by atoms with Gasteiger partial charge in [-0.2, -0.15) is 0 Å². The van der Waals surface area contributed by atoms with Crippen molar-refractivity contribution >= 4 is 62.8 Å². The molecule has 0 heterocycles. The predicted molar refractivity (Wildman–Crippen MR) is 230 cm³/mol. The van der Waals surface area contributed by atoms with Crippen molar-refractivity contribution in [3.63, 3.8) is 0 Å². The van der Waals surface area contributed by atoms with Gasteiger partial charge >= 0.3 is 0 Å². The first kappa shape index (κ1) is 53.0. The summed E-state index contributed by atoms with van der Waals surface area (Å²) in [6.45, 7) is 0. The molecule has 0 fully saturated rings. The van der Waals surface area contributed by atoms with Gasteiger partial charge in [0.05, 0.1) is 6.16 Å². The van der Waals surface area contributed by atoms with Gasteiger partial charge in [-0.05, 0) is 54.1 Å². The lowest BCUT2D eigenvalue weighted by atomic mass is 9.12. The standard InChI is InChI=1S/C25H21ClP.C24BF20/c26-22-12-10-11-21(19-22)20-27(23-13-4-1-5-14-23,24-15-6-2-7-16-24)25-17-8-3-9-18-25;26-5-1(6(27)14(35)21(42)13(5)34)25(2-7(28)15(36)22(43)16(37)8(2)29,3-9(30)17(38)23(44)18(39)10(3)31)4-11(32)19(40)24(45)20(41)12(4)33/h1-19H,20H2;/q+1;-1. The van der Waals surface area contributed by atoms with Gasteiger partial charge in [0, 0.05) is 5.02 Å². The Balaban J connectivity index is 0.000000238. The van der Waals surface area contributed by atoms with E-state index in [0.29, 0.717) is 0 Å². The molecule has 372 valence electrons. The van der Waals surface area contributed by atoms with E-state index in [9.17, 15) is 52.7 Å². The molecule has 0 radical (unpaired) electrons. The van der Waals surface area contributed by atoms with Crippen LogP contribution in [0.4, 0.5) is 87.8 Å². The Bertz CT molecular complexity index is 2920. The highest BCUT2D eigenvalue weighted by Crippen LogP contribution is 2.58. The molecule has 0 amide bonds. The van der Waals surface area contributed by atoms with Gasteiger partial charge in [0.25, 0.3) is 0 Å². The fraction of sp³-hybridized carbons (Fsp3) is 0.0204. The van der Waals surface area contributed by atoms with Gasteiger partial charge in [0.15, 0.2) is 69.8 Å². The van der Waals surface area contributed by atoms with Crippen molar-refractivity contribution in [2.24, 2.45) is 0 Å². The predicted octanol–water partition coefficient (Wildman–Crippen LogP) is 11.7. The molecule has 0 N–H and O–H groups in total. The van der Waals surface area contributed by atoms with E-state index in [1.807, 2.05) is 12.1 Å². The van der Waals surface area contributed by atoms with E-state index in [1.165, 1.54) is 21.5 Å². The summed E-state index contributed by atoms with van der Waals surface area (Å²) >= 11 is 6.32. The average Bonchev–Trinajstić information content (AvgIpc) is 3.38. The summed E-state index contributed by atoms with van der Waals surface area (Å²) in [6.07, 6.45) is -6.27. The van der Waals surface area contributed by atoms with Crippen LogP contribution in [0.15, 0.2) is 115 Å². The SMILES string of the molecule is Clc1cccc(C[P+](c2ccccc2)(c2ccccc2)c2ccccc2)c1.Fc1c(F)c(F)c([B-](c2c(F)c(F)c(F)c(F)c2F)(c2c(F)c(F)c(F)c(F)c2F)c2c(F)c(F)c(F)c(F)c2F)c(F)c1F. The van der Waals surface area contributed by atoms with Gasteiger partial charge in [-0.25, -0.2) is 87.8 Å². The first-order chi connectivity index (χ1) is 34.0. The Morgan fingerprint density at radius 1 is 0.278 bits per heavy atom. The summed E-state index contributed by atoms with van der Waals surface area (Å²) in [5.41, 5.74) is -13.1. The van der Waals surface area contributed by atoms with Gasteiger partial charge in [0.1, 0.15) is 75.9 Å². The maximum Gasteiger partial charge on any atom is 0.200 e. The van der Waals surface area contributed by atoms with Crippen LogP contribution in [0.3, 0.4) is 0 Å². The minimum atomic E-state index is -7.22. The highest BCUT2D eigenvalue weighted by Gasteiger charge is 2.52. The maximum atomic E-state index is 15.4. The van der Waals surface area contributed by atoms with E-state index in [1.54, 1.807) is 0 Å². The minimum Gasteiger partial charge on any atom is -0.207 e. The van der Waals surface area contributed by atoms with E-state index in [0.717, 1.165) is 11.2 Å². The third-order valence-corrected chi connectivity index (χ3v) is 16.2. The van der Waals surface area contributed by atoms with Gasteiger partial charge in [-0.15, -0.1) is 21.9 Å². The molecule has 8 aromatic carbocycles. The lowest BCUT2D eigenvalue weighted by Gasteiger charge is -2.44. The topological polar surface area (TPSA) is 0 Å². The monoisotopic (exact) mass is 1070 g/mol. The van der Waals surface area contributed by atoms with Gasteiger partial charge in [0.2, 0.25) is 0 Å². The minimum absolute atomic E-state index is 0.791. The van der Waals surface area contributed by atoms with Gasteiger partial charge < -0.3 is 0 Å². The maximum absolute atomic E-state index is 15.4. The first-order valence-electron chi connectivity index (χ1n) is 20.0. The fourth-order valence-electron chi connectivity index (χ4n) is 8.55. The molecule has 0 nitrogen and oxygen atoms in total. The Morgan fingerprint density at radius 3 is 0.722 bits per heavy atom. The normalized spacial score (nSPS) is 11.7. The molecule has 23 heteroatoms. The molecule has 0 spiro atoms. The van der Waals surface area contributed by atoms with Crippen molar-refractivity contribution in [1.29, 1.82) is 0 Å². The van der Waals surface area contributed by atoms with Crippen LogP contribution in [0.5, 0.6) is 0 Å². The molecular formula is C49H21BClF20P. The zero-order valence-electron chi connectivity index (χ0n) is 35.1. The van der Waals surface area contributed by atoms with Gasteiger partial charge in [-0.1, -0.05) is 78.3 Å². The molecule has 0 atom stereocenters. The summed E-state index contributed by atoms with van der Waals surface area (Å²) in [4.78, 5) is 0. The van der Waals surface area contributed by atoms with Crippen LogP contribution in [0.2, 0.25) is 5.02 Å². The quantitative estimate of drug-likeness (QED) is 0.0444. The van der Waals surface area contributed by atoms with Crippen LogP contribution < -0.4 is 37.8 Å². The Kier molecular flexibility index (Phi) is 15.0. The van der Waals surface area contributed by atoms with Gasteiger partial charge in [-0.3, -0.25) is 0 Å². The lowest BCUT2D eigenvalue weighted by Crippen LogP contribution is -2.81. The average molecular weight is 1070 g/mol. The second-order valence-electron chi connectivity index (χ2n) is 15.4. The highest BCUT2D eigenvalue weighted by atomic mass is 35.5. The van der Waals surface area contributed by atoms with Crippen LogP contribution in [-0.2, 0) is 6.16 Å². The third-order valence-electron chi connectivity index (χ3n) is 11.6. The van der Waals surface area contributed by atoms with E-state index in [4.69, 9.17) is 11.6 Å². The van der Waals surface area contributed by atoms with E-state index >= 15 is 35.1 Å². The van der Waals surface area contributed by atoms with E-state index < -0.39 is 152 Å². The molecule has 0 aromatic heterocycles. The second-order valence-corrected chi connectivity index (χ2v) is 19.3. The Hall–Kier alpha value is -6.86. The smallest absolute Gasteiger partial charge is 0.200 e. The van der Waals surface area contributed by atoms with Crippen LogP contribution in [0.1, 0.15) is 5.56 Å². The molecule has 0 aliphatic carbocycles. The Labute approximate surface area is 398 Å². The summed E-state index contributed by atoms with van der Waals surface area (Å²) in [7, 11) is -1.85. The molecule has 8 aromatic rings. The van der Waals surface area contributed by atoms with Crippen LogP contribution >= 0.6 is 18.9 Å². The Morgan fingerprint density at radius 2 is 0.500 bits per heavy atom. The van der Waals surface area contributed by atoms with Crippen LogP contribution in [0.25, 0.3) is 0 Å². The summed E-state index contributed by atoms with van der Waals surface area (Å²) in [5.74, 6) is -71.4. The van der Waals surface area contributed by atoms with Crippen molar-refractivity contribution in [1.82, 2.24) is 0 Å². The van der Waals surface area contributed by atoms with Crippen molar-refractivity contribution in [3.8, 4) is 0 Å². The van der Waals surface area contributed by atoms with Crippen molar-refractivity contribution in [2.45, 2.75) is 6.16 Å². The number of benzene rings is 8. The van der Waals surface area contributed by atoms with Crippen molar-refractivity contribution < 1.29 is 87.8 Å². The molecule has 8 rings (SSSR count). The zero-order chi connectivity index (χ0) is 52.9. The summed E-state index contributed by atoms with van der Waals surface area (Å²) < 4.78 is 294. The molecule has 0 unspecified atom stereocenters. The summed E-state index contributed by atoms with van der Waals surface area (Å²) in [6, 6.07) is 41.1. The molecule has 72 heavy (non-hydrogen) atoms. The lowest BCUT2D eigenvalue weighted by molar-refractivity contribution is 0.378. The van der Waals surface area contributed by atoms with Crippen LogP contribution in [0, 0.1) is 116 Å². The van der Waals surface area contributed by atoms with Crippen molar-refractivity contribution in [3.05, 3.63) is 242 Å². The van der Waals surface area contributed by atoms with E-state index in [-0.39, 0.29) is 0 Å². The molecule has 0 saturated heterocycles. The molecule has 0 bridgehead atoms. The number of hydrogen-bond donors (Lipinski definition) is 0. The fourth-order valence-corrected chi connectivity index (χ4v) is 13.0. The molecule has 0 aliphatic rings. The third kappa shape index (κ3) is 8.42. The first-order valence-corrected chi connectivity index (χ1v) is 22.4. The van der Waals surface area contributed by atoms with Crippen LogP contribution in [-0.4, -0.2) is 6.15 Å². The number of hydrogen-bond acceptors (Lipinski definition) is 0. The molecular weight excluding hydrogens is 1050 g/mol. The highest BCUT2D eigenvalue weighted by molar-refractivity contribution is 7.95. The van der Waals surface area contributed by atoms with E-state index in [2.05, 4.69) is 103 Å². The largest absolute Gasteiger partial charge is 0.207 e. The second kappa shape index (κ2) is 20.3. The molecule has 0 saturated carbocycles.